The molecule has 2 atom stereocenters. The molecule has 1 aromatic carbocycles. The molecule has 0 saturated carbocycles. The third kappa shape index (κ3) is 5.68. The fourth-order valence-electron chi connectivity index (χ4n) is 4.02. The first-order valence-corrected chi connectivity index (χ1v) is 11.1. The second-order valence-corrected chi connectivity index (χ2v) is 8.18. The number of nitrogen functional groups attached to an aromatic ring is 1. The number of hydrogen-bond donors (Lipinski definition) is 1. The number of para-hydroxylation sites is 1. The van der Waals surface area contributed by atoms with Crippen LogP contribution < -0.4 is 15.4 Å². The molecular formula is C23H32N6O4. The summed E-state index contributed by atoms with van der Waals surface area (Å²) in [5.41, 5.74) is 6.57. The number of anilines is 2. The lowest BCUT2D eigenvalue weighted by Gasteiger charge is -2.40. The Bertz CT molecular complexity index is 983. The van der Waals surface area contributed by atoms with Gasteiger partial charge in [-0.1, -0.05) is 31.5 Å². The van der Waals surface area contributed by atoms with Crippen molar-refractivity contribution in [3.05, 3.63) is 35.7 Å². The van der Waals surface area contributed by atoms with Crippen molar-refractivity contribution in [2.24, 2.45) is 5.92 Å². The van der Waals surface area contributed by atoms with Gasteiger partial charge in [0.05, 0.1) is 19.1 Å². The molecule has 2 aromatic rings. The molecule has 1 aliphatic heterocycles. The largest absolute Gasteiger partial charge is 0.496 e. The molecule has 33 heavy (non-hydrogen) atoms. The molecule has 2 unspecified atom stereocenters. The van der Waals surface area contributed by atoms with Crippen molar-refractivity contribution < 1.29 is 19.1 Å². The van der Waals surface area contributed by atoms with Crippen LogP contribution in [0.25, 0.3) is 0 Å². The second-order valence-electron chi connectivity index (χ2n) is 8.18. The molecule has 0 radical (unpaired) electrons. The number of amides is 1. The van der Waals surface area contributed by atoms with E-state index >= 15 is 0 Å². The van der Waals surface area contributed by atoms with E-state index in [-0.39, 0.29) is 24.3 Å². The first kappa shape index (κ1) is 24.2. The van der Waals surface area contributed by atoms with Crippen LogP contribution in [-0.4, -0.2) is 59.5 Å². The molecule has 10 nitrogen and oxygen atoms in total. The van der Waals surface area contributed by atoms with Gasteiger partial charge in [-0.3, -0.25) is 9.59 Å². The highest BCUT2D eigenvalue weighted by Crippen LogP contribution is 2.41. The zero-order valence-electron chi connectivity index (χ0n) is 19.7. The number of methoxy groups -OCH3 is 1. The lowest BCUT2D eigenvalue weighted by molar-refractivity contribution is -0.158. The van der Waals surface area contributed by atoms with Crippen LogP contribution in [0.1, 0.15) is 50.0 Å². The Morgan fingerprint density at radius 2 is 2.00 bits per heavy atom. The molecular weight excluding hydrogens is 424 g/mol. The monoisotopic (exact) mass is 456 g/mol. The number of rotatable bonds is 9. The molecule has 2 heterocycles. The number of hydrogen-bond acceptors (Lipinski definition) is 9. The van der Waals surface area contributed by atoms with Gasteiger partial charge in [0.1, 0.15) is 5.75 Å². The van der Waals surface area contributed by atoms with Gasteiger partial charge in [-0.05, 0) is 18.9 Å². The maximum absolute atomic E-state index is 13.3. The Hall–Kier alpha value is -3.43. The van der Waals surface area contributed by atoms with E-state index in [1.165, 1.54) is 0 Å². The summed E-state index contributed by atoms with van der Waals surface area (Å²) in [5.74, 6) is 0.425. The lowest BCUT2D eigenvalue weighted by atomic mass is 9.83. The number of piperidine rings is 1. The van der Waals surface area contributed by atoms with Crippen LogP contribution in [0.4, 0.5) is 11.9 Å². The molecule has 1 amide bonds. The van der Waals surface area contributed by atoms with Gasteiger partial charge in [0.25, 0.3) is 0 Å². The maximum Gasteiger partial charge on any atom is 0.311 e. The summed E-state index contributed by atoms with van der Waals surface area (Å²) < 4.78 is 11.2. The highest BCUT2D eigenvalue weighted by atomic mass is 16.5. The first-order chi connectivity index (χ1) is 15.8. The van der Waals surface area contributed by atoms with Crippen molar-refractivity contribution in [3.63, 3.8) is 0 Å². The van der Waals surface area contributed by atoms with E-state index in [2.05, 4.69) is 21.9 Å². The number of likely N-dealkylation sites (tertiary alicyclic amines) is 1. The molecule has 178 valence electrons. The topological polar surface area (TPSA) is 124 Å². The zero-order valence-corrected chi connectivity index (χ0v) is 19.7. The summed E-state index contributed by atoms with van der Waals surface area (Å²) >= 11 is 0. The predicted molar refractivity (Wildman–Crippen MR) is 123 cm³/mol. The summed E-state index contributed by atoms with van der Waals surface area (Å²) in [5, 5.41) is 0. The van der Waals surface area contributed by atoms with E-state index in [0.717, 1.165) is 18.4 Å². The molecule has 1 aliphatic rings. The smallest absolute Gasteiger partial charge is 0.311 e. The summed E-state index contributed by atoms with van der Waals surface area (Å²) in [6.45, 7) is 2.50. The molecule has 10 heteroatoms. The van der Waals surface area contributed by atoms with Gasteiger partial charge in [0.15, 0.2) is 12.4 Å². The number of unbranched alkanes of at least 4 members (excludes halogenated alkanes) is 1. The number of ether oxygens (including phenoxy) is 2. The number of aromatic nitrogens is 3. The van der Waals surface area contributed by atoms with E-state index in [4.69, 9.17) is 15.2 Å². The van der Waals surface area contributed by atoms with E-state index in [0.29, 0.717) is 31.1 Å². The summed E-state index contributed by atoms with van der Waals surface area (Å²) in [7, 11) is 5.15. The van der Waals surface area contributed by atoms with Crippen molar-refractivity contribution in [2.45, 2.75) is 45.3 Å². The number of nitrogens with zero attached hydrogens (tertiary/aromatic N) is 5. The average Bonchev–Trinajstić information content (AvgIpc) is 2.81. The van der Waals surface area contributed by atoms with E-state index in [1.807, 2.05) is 24.3 Å². The molecule has 1 saturated heterocycles. The van der Waals surface area contributed by atoms with Crippen LogP contribution in [0.3, 0.4) is 0 Å². The van der Waals surface area contributed by atoms with Gasteiger partial charge in [-0.15, -0.1) is 0 Å². The number of esters is 1. The van der Waals surface area contributed by atoms with Crippen molar-refractivity contribution in [2.75, 3.05) is 38.4 Å². The Labute approximate surface area is 194 Å². The van der Waals surface area contributed by atoms with Gasteiger partial charge in [-0.25, -0.2) is 0 Å². The minimum absolute atomic E-state index is 0.0317. The first-order valence-electron chi connectivity index (χ1n) is 11.1. The van der Waals surface area contributed by atoms with Crippen LogP contribution in [0.15, 0.2) is 24.3 Å². The van der Waals surface area contributed by atoms with E-state index in [1.54, 1.807) is 31.0 Å². The number of carbonyl (C=O) groups is 2. The summed E-state index contributed by atoms with van der Waals surface area (Å²) in [6, 6.07) is 7.02. The normalized spacial score (nSPS) is 18.2. The minimum Gasteiger partial charge on any atom is -0.496 e. The Morgan fingerprint density at radius 3 is 2.70 bits per heavy atom. The van der Waals surface area contributed by atoms with Crippen LogP contribution >= 0.6 is 0 Å². The number of carbonyl (C=O) groups excluding carboxylic acids is 2. The second kappa shape index (κ2) is 10.9. The Kier molecular flexibility index (Phi) is 8.02. The molecule has 0 spiro atoms. The quantitative estimate of drug-likeness (QED) is 0.566. The van der Waals surface area contributed by atoms with Gasteiger partial charge < -0.3 is 25.0 Å². The molecule has 1 aromatic heterocycles. The average molecular weight is 457 g/mol. The van der Waals surface area contributed by atoms with Crippen molar-refractivity contribution >= 4 is 23.8 Å². The van der Waals surface area contributed by atoms with Crippen LogP contribution in [0.2, 0.25) is 0 Å². The molecule has 3 rings (SSSR count). The zero-order chi connectivity index (χ0) is 24.0. The van der Waals surface area contributed by atoms with Gasteiger partial charge in [0.2, 0.25) is 17.8 Å². The van der Waals surface area contributed by atoms with Crippen molar-refractivity contribution in [3.8, 4) is 5.75 Å². The van der Waals surface area contributed by atoms with Gasteiger partial charge in [0, 0.05) is 32.6 Å². The third-order valence-corrected chi connectivity index (χ3v) is 5.65. The lowest BCUT2D eigenvalue weighted by Crippen LogP contribution is -2.46. The fourth-order valence-corrected chi connectivity index (χ4v) is 4.02. The SMILES string of the molecule is CCCCN1C(=O)CCC(C(=O)OCc2nc(N)nc(N(C)C)n2)C1c1ccccc1OC. The Balaban J connectivity index is 1.87. The number of nitrogens with two attached hydrogens (primary N) is 1. The molecule has 0 aliphatic carbocycles. The van der Waals surface area contributed by atoms with Crippen LogP contribution in [0.5, 0.6) is 5.75 Å². The van der Waals surface area contributed by atoms with E-state index in [9.17, 15) is 9.59 Å². The predicted octanol–water partition coefficient (Wildman–Crippen LogP) is 2.35. The minimum atomic E-state index is -0.539. The number of benzene rings is 1. The van der Waals surface area contributed by atoms with Gasteiger partial charge in [-0.2, -0.15) is 15.0 Å². The van der Waals surface area contributed by atoms with Crippen molar-refractivity contribution in [1.29, 1.82) is 0 Å². The fraction of sp³-hybridized carbons (Fsp3) is 0.522. The molecule has 1 fully saturated rings. The van der Waals surface area contributed by atoms with Gasteiger partial charge >= 0.3 is 5.97 Å². The van der Waals surface area contributed by atoms with E-state index < -0.39 is 17.9 Å². The highest BCUT2D eigenvalue weighted by molar-refractivity contribution is 5.82. The molecule has 2 N–H and O–H groups in total. The van der Waals surface area contributed by atoms with Crippen LogP contribution in [0, 0.1) is 5.92 Å². The maximum atomic E-state index is 13.3. The van der Waals surface area contributed by atoms with Crippen LogP contribution in [-0.2, 0) is 20.9 Å². The standard InChI is InChI=1S/C23H32N6O4/c1-5-6-13-29-19(30)12-11-16(20(29)15-9-7-8-10-17(15)32-4)21(31)33-14-18-25-22(24)27-23(26-18)28(2)3/h7-10,16,20H,5-6,11-14H2,1-4H3,(H2,24,25,26,27). The summed E-state index contributed by atoms with van der Waals surface area (Å²) in [6.07, 6.45) is 2.47. The molecule has 0 bridgehead atoms. The Morgan fingerprint density at radius 1 is 1.24 bits per heavy atom. The van der Waals surface area contributed by atoms with Crippen molar-refractivity contribution in [1.82, 2.24) is 19.9 Å². The summed E-state index contributed by atoms with van der Waals surface area (Å²) in [4.78, 5) is 42.0. The third-order valence-electron chi connectivity index (χ3n) is 5.65. The highest BCUT2D eigenvalue weighted by Gasteiger charge is 2.42.